The molecule has 0 rings (SSSR count). The van der Waals surface area contributed by atoms with E-state index in [9.17, 15) is 4.79 Å². The summed E-state index contributed by atoms with van der Waals surface area (Å²) in [6, 6.07) is 1.23. The average molecular weight is 288 g/mol. The highest BCUT2D eigenvalue weighted by Crippen LogP contribution is 2.28. The van der Waals surface area contributed by atoms with Crippen LogP contribution in [-0.2, 0) is 0 Å². The lowest BCUT2D eigenvalue weighted by atomic mass is 9.80. The monoisotopic (exact) mass is 287 g/mol. The number of rotatable bonds is 10. The third-order valence-electron chi connectivity index (χ3n) is 3.36. The quantitative estimate of drug-likeness (QED) is 0.417. The molecule has 2 amide bonds. The predicted molar refractivity (Wildman–Crippen MR) is 86.9 cm³/mol. The number of hydrogen-bond donors (Lipinski definition) is 3. The highest BCUT2D eigenvalue weighted by molar-refractivity contribution is 6.08. The Balaban J connectivity index is 3.75. The Morgan fingerprint density at radius 3 is 2.47 bits per heavy atom. The van der Waals surface area contributed by atoms with Gasteiger partial charge in [-0.05, 0) is 44.2 Å². The van der Waals surface area contributed by atoms with Crippen LogP contribution < -0.4 is 16.0 Å². The fourth-order valence-corrected chi connectivity index (χ4v) is 2.78. The number of carbonyl (C=O) groups is 1. The van der Waals surface area contributed by atoms with E-state index in [2.05, 4.69) is 36.7 Å². The maximum absolute atomic E-state index is 11.5. The van der Waals surface area contributed by atoms with Gasteiger partial charge in [-0.2, -0.15) is 0 Å². The van der Waals surface area contributed by atoms with E-state index < -0.39 is 0 Å². The summed E-state index contributed by atoms with van der Waals surface area (Å²) in [4.78, 5) is 11.5. The van der Waals surface area contributed by atoms with Gasteiger partial charge in [0.05, 0.1) is 0 Å². The van der Waals surface area contributed by atoms with E-state index in [4.69, 9.17) is 0 Å². The van der Waals surface area contributed by atoms with E-state index in [1.54, 1.807) is 0 Å². The van der Waals surface area contributed by atoms with Gasteiger partial charge < -0.3 is 16.0 Å². The molecule has 0 heterocycles. The number of carbonyl (C=O) groups excluding carboxylic acids is 1. The van der Waals surface area contributed by atoms with E-state index in [1.165, 1.54) is 22.7 Å². The smallest absolute Gasteiger partial charge is 0.314 e. The van der Waals surface area contributed by atoms with Crippen LogP contribution in [-0.4, -0.2) is 43.0 Å². The summed E-state index contributed by atoms with van der Waals surface area (Å²) in [7, 11) is 3.21. The average Bonchev–Trinajstić information content (AvgIpc) is 2.28. The van der Waals surface area contributed by atoms with Gasteiger partial charge in [-0.25, -0.2) is 4.79 Å². The summed E-state index contributed by atoms with van der Waals surface area (Å²) in [6.45, 7) is 9.44. The molecule has 0 fully saturated rings. The van der Waals surface area contributed by atoms with Crippen molar-refractivity contribution in [3.8, 4) is 0 Å². The van der Waals surface area contributed by atoms with Gasteiger partial charge in [0.25, 0.3) is 0 Å². The van der Waals surface area contributed by atoms with Gasteiger partial charge in [-0.15, -0.1) is 0 Å². The second kappa shape index (κ2) is 10.3. The molecule has 0 aromatic carbocycles. The van der Waals surface area contributed by atoms with Gasteiger partial charge in [-0.1, -0.05) is 26.8 Å². The topological polar surface area (TPSA) is 53.2 Å². The minimum atomic E-state index is -0.0193. The molecule has 19 heavy (non-hydrogen) atoms. The van der Waals surface area contributed by atoms with Crippen LogP contribution in [0.3, 0.4) is 0 Å². The van der Waals surface area contributed by atoms with Gasteiger partial charge in [0.1, 0.15) is 0 Å². The first-order chi connectivity index (χ1) is 8.91. The Kier molecular flexibility index (Phi) is 9.96. The van der Waals surface area contributed by atoms with Crippen LogP contribution in [0.4, 0.5) is 4.79 Å². The van der Waals surface area contributed by atoms with E-state index in [0.717, 1.165) is 32.5 Å². The molecule has 0 aromatic heterocycles. The first kappa shape index (κ1) is 18.4. The third-order valence-corrected chi connectivity index (χ3v) is 4.06. The van der Waals surface area contributed by atoms with Gasteiger partial charge >= 0.3 is 6.03 Å². The lowest BCUT2D eigenvalue weighted by Crippen LogP contribution is -2.38. The summed E-state index contributed by atoms with van der Waals surface area (Å²) in [5.74, 6) is 0.669. The molecule has 0 aliphatic carbocycles. The normalized spacial score (nSPS) is 13.3. The molecular formula is C14H33N3OSi. The van der Waals surface area contributed by atoms with Crippen molar-refractivity contribution < 1.29 is 4.79 Å². The standard InChI is InChI=1S/C14H33N3OSi/c1-12(11-15-4)10-14(2,3)6-8-17-13(18)16-7-5-9-19/h12,15H,5-11H2,1-4,19H3,(H2,16,17,18). The van der Waals surface area contributed by atoms with Crippen LogP contribution in [0, 0.1) is 11.3 Å². The Hall–Kier alpha value is -0.553. The molecule has 0 aliphatic heterocycles. The second-order valence-corrected chi connectivity index (χ2v) is 7.32. The van der Waals surface area contributed by atoms with Crippen molar-refractivity contribution in [3.05, 3.63) is 0 Å². The molecule has 4 nitrogen and oxygen atoms in total. The first-order valence-electron chi connectivity index (χ1n) is 7.57. The summed E-state index contributed by atoms with van der Waals surface area (Å²) in [5, 5.41) is 9.06. The SMILES string of the molecule is CNCC(C)CC(C)(C)CCNC(=O)NCCC[SiH3]. The van der Waals surface area contributed by atoms with Gasteiger partial charge in [0, 0.05) is 23.3 Å². The Labute approximate surface area is 121 Å². The maximum atomic E-state index is 11.5. The number of nitrogens with one attached hydrogen (secondary N) is 3. The van der Waals surface area contributed by atoms with E-state index in [1.807, 2.05) is 7.05 Å². The van der Waals surface area contributed by atoms with Crippen molar-refractivity contribution in [3.63, 3.8) is 0 Å². The van der Waals surface area contributed by atoms with E-state index in [0.29, 0.717) is 5.92 Å². The molecule has 3 N–H and O–H groups in total. The van der Waals surface area contributed by atoms with Crippen LogP contribution in [0.5, 0.6) is 0 Å². The Morgan fingerprint density at radius 2 is 1.89 bits per heavy atom. The summed E-state index contributed by atoms with van der Waals surface area (Å²) < 4.78 is 0. The van der Waals surface area contributed by atoms with Crippen LogP contribution in [0.2, 0.25) is 6.04 Å². The molecular weight excluding hydrogens is 254 g/mol. The van der Waals surface area contributed by atoms with Crippen LogP contribution in [0.25, 0.3) is 0 Å². The summed E-state index contributed by atoms with van der Waals surface area (Å²) in [6.07, 6.45) is 3.30. The molecule has 0 bridgehead atoms. The van der Waals surface area contributed by atoms with Crippen LogP contribution in [0.15, 0.2) is 0 Å². The molecule has 0 spiro atoms. The zero-order chi connectivity index (χ0) is 14.7. The molecule has 0 aliphatic rings. The lowest BCUT2D eigenvalue weighted by Gasteiger charge is -2.28. The molecule has 114 valence electrons. The van der Waals surface area contributed by atoms with Crippen molar-refractivity contribution >= 4 is 16.3 Å². The largest absolute Gasteiger partial charge is 0.338 e. The van der Waals surface area contributed by atoms with E-state index >= 15 is 0 Å². The van der Waals surface area contributed by atoms with Crippen molar-refractivity contribution in [2.24, 2.45) is 11.3 Å². The van der Waals surface area contributed by atoms with Crippen molar-refractivity contribution in [1.82, 2.24) is 16.0 Å². The molecule has 0 aromatic rings. The molecule has 0 saturated carbocycles. The predicted octanol–water partition coefficient (Wildman–Crippen LogP) is 1.12. The number of urea groups is 1. The zero-order valence-electron chi connectivity index (χ0n) is 13.4. The second-order valence-electron chi connectivity index (χ2n) is 6.32. The third kappa shape index (κ3) is 11.0. The number of amides is 2. The summed E-state index contributed by atoms with van der Waals surface area (Å²) >= 11 is 0. The number of hydrogen-bond acceptors (Lipinski definition) is 2. The molecule has 5 heteroatoms. The van der Waals surface area contributed by atoms with Gasteiger partial charge in [0.2, 0.25) is 0 Å². The fourth-order valence-electron chi connectivity index (χ4n) is 2.42. The van der Waals surface area contributed by atoms with Crippen molar-refractivity contribution in [1.29, 1.82) is 0 Å². The van der Waals surface area contributed by atoms with Crippen LogP contribution >= 0.6 is 0 Å². The van der Waals surface area contributed by atoms with Crippen molar-refractivity contribution in [2.75, 3.05) is 26.7 Å². The zero-order valence-corrected chi connectivity index (χ0v) is 15.4. The molecule has 1 unspecified atom stereocenters. The fraction of sp³-hybridized carbons (Fsp3) is 0.929. The Morgan fingerprint density at radius 1 is 1.26 bits per heavy atom. The molecule has 1 atom stereocenters. The molecule has 0 saturated heterocycles. The van der Waals surface area contributed by atoms with Crippen LogP contribution in [0.1, 0.15) is 40.0 Å². The maximum Gasteiger partial charge on any atom is 0.314 e. The highest BCUT2D eigenvalue weighted by atomic mass is 28.1. The first-order valence-corrected chi connectivity index (χ1v) is 8.99. The summed E-state index contributed by atoms with van der Waals surface area (Å²) in [5.41, 5.74) is 0.276. The van der Waals surface area contributed by atoms with Gasteiger partial charge in [0.15, 0.2) is 0 Å². The molecule has 0 radical (unpaired) electrons. The minimum absolute atomic E-state index is 0.0193. The highest BCUT2D eigenvalue weighted by Gasteiger charge is 2.20. The lowest BCUT2D eigenvalue weighted by molar-refractivity contribution is 0.230. The van der Waals surface area contributed by atoms with E-state index in [-0.39, 0.29) is 11.4 Å². The minimum Gasteiger partial charge on any atom is -0.338 e. The van der Waals surface area contributed by atoms with Gasteiger partial charge in [-0.3, -0.25) is 0 Å². The van der Waals surface area contributed by atoms with Crippen molar-refractivity contribution in [2.45, 2.75) is 46.1 Å². The Bertz CT molecular complexity index is 247.